The molecule has 0 aromatic heterocycles. The second-order valence-electron chi connectivity index (χ2n) is 7.89. The van der Waals surface area contributed by atoms with Crippen molar-refractivity contribution in [3.8, 4) is 0 Å². The van der Waals surface area contributed by atoms with Gasteiger partial charge in [0.15, 0.2) is 5.17 Å². The van der Waals surface area contributed by atoms with Gasteiger partial charge in [-0.2, -0.15) is 0 Å². The van der Waals surface area contributed by atoms with Crippen LogP contribution in [-0.2, 0) is 6.42 Å². The van der Waals surface area contributed by atoms with Crippen LogP contribution in [0.5, 0.6) is 0 Å². The van der Waals surface area contributed by atoms with E-state index < -0.39 is 18.2 Å². The number of hydrogen-bond donors (Lipinski definition) is 3. The molecule has 0 radical (unpaired) electrons. The largest absolute Gasteiger partial charge is 0.394 e. The van der Waals surface area contributed by atoms with E-state index in [-0.39, 0.29) is 12.6 Å². The molecule has 0 amide bonds. The lowest BCUT2D eigenvalue weighted by atomic mass is 10.0. The first-order valence-corrected chi connectivity index (χ1v) is 11.7. The average molecular weight is 407 g/mol. The fourth-order valence-electron chi connectivity index (χ4n) is 4.19. The van der Waals surface area contributed by atoms with Crippen LogP contribution in [0.4, 0.5) is 0 Å². The number of hydrogen-bond acceptors (Lipinski definition) is 5. The van der Waals surface area contributed by atoms with Gasteiger partial charge in [-0.25, -0.2) is 0 Å². The summed E-state index contributed by atoms with van der Waals surface area (Å²) in [6.45, 7) is 0.627. The maximum atomic E-state index is 10.1. The normalized spacial score (nSPS) is 28.2. The number of nitrogens with zero attached hydrogens (tertiary/aromatic N) is 2. The van der Waals surface area contributed by atoms with Crippen molar-refractivity contribution in [2.45, 2.75) is 75.7 Å². The summed E-state index contributed by atoms with van der Waals surface area (Å²) < 4.78 is 0. The van der Waals surface area contributed by atoms with Gasteiger partial charge >= 0.3 is 0 Å². The van der Waals surface area contributed by atoms with Gasteiger partial charge in [0.25, 0.3) is 0 Å². The van der Waals surface area contributed by atoms with Crippen LogP contribution in [0.25, 0.3) is 0 Å². The van der Waals surface area contributed by atoms with Crippen LogP contribution in [0.2, 0.25) is 0 Å². The number of thioether (sulfide) groups is 1. The summed E-state index contributed by atoms with van der Waals surface area (Å²) in [7, 11) is 0. The van der Waals surface area contributed by atoms with Gasteiger partial charge in [-0.15, -0.1) is 0 Å². The van der Waals surface area contributed by atoms with Gasteiger partial charge in [0.1, 0.15) is 12.2 Å². The lowest BCUT2D eigenvalue weighted by Gasteiger charge is -2.24. The Labute approximate surface area is 172 Å². The predicted octanol–water partition coefficient (Wildman–Crippen LogP) is 2.83. The molecule has 0 saturated carbocycles. The van der Waals surface area contributed by atoms with Gasteiger partial charge in [0, 0.05) is 12.3 Å². The maximum Gasteiger partial charge on any atom is 0.160 e. The predicted molar refractivity (Wildman–Crippen MR) is 116 cm³/mol. The fourth-order valence-corrected chi connectivity index (χ4v) is 5.47. The number of unbranched alkanes of at least 4 members (excludes halogenated alkanes) is 6. The van der Waals surface area contributed by atoms with Crippen LogP contribution < -0.4 is 0 Å². The third kappa shape index (κ3) is 5.50. The van der Waals surface area contributed by atoms with Crippen LogP contribution >= 0.6 is 11.8 Å². The van der Waals surface area contributed by atoms with Crippen LogP contribution in [0.15, 0.2) is 35.3 Å². The van der Waals surface area contributed by atoms with E-state index in [9.17, 15) is 15.3 Å². The molecule has 5 nitrogen and oxygen atoms in total. The third-order valence-corrected chi connectivity index (χ3v) is 6.96. The molecule has 2 aliphatic rings. The summed E-state index contributed by atoms with van der Waals surface area (Å²) in [6.07, 6.45) is 8.20. The SMILES string of the molecule is OC[C@H]1[C@H](O)[C@@H](O)[C@@H]2CSC(=NCCCCCCCCCc3ccccc3)N12. The Balaban J connectivity index is 1.25. The highest BCUT2D eigenvalue weighted by Gasteiger charge is 2.51. The Morgan fingerprint density at radius 3 is 2.32 bits per heavy atom. The van der Waals surface area contributed by atoms with E-state index in [2.05, 4.69) is 35.3 Å². The quantitative estimate of drug-likeness (QED) is 0.493. The Morgan fingerprint density at radius 1 is 0.929 bits per heavy atom. The van der Waals surface area contributed by atoms with Crippen molar-refractivity contribution < 1.29 is 15.3 Å². The Hall–Kier alpha value is -1.08. The van der Waals surface area contributed by atoms with E-state index in [0.717, 1.165) is 23.9 Å². The van der Waals surface area contributed by atoms with Crippen molar-refractivity contribution in [2.24, 2.45) is 4.99 Å². The van der Waals surface area contributed by atoms with E-state index in [1.165, 1.54) is 50.5 Å². The zero-order chi connectivity index (χ0) is 19.8. The fraction of sp³-hybridized carbons (Fsp3) is 0.682. The molecule has 156 valence electrons. The molecule has 4 atom stereocenters. The molecule has 1 aromatic rings. The molecule has 0 aliphatic carbocycles. The van der Waals surface area contributed by atoms with Crippen LogP contribution in [0, 0.1) is 0 Å². The van der Waals surface area contributed by atoms with Crippen LogP contribution in [0.1, 0.15) is 50.5 Å². The smallest absolute Gasteiger partial charge is 0.160 e. The van der Waals surface area contributed by atoms with Gasteiger partial charge in [0.05, 0.1) is 18.7 Å². The minimum Gasteiger partial charge on any atom is -0.394 e. The first kappa shape index (κ1) is 21.6. The van der Waals surface area contributed by atoms with E-state index in [1.54, 1.807) is 11.8 Å². The van der Waals surface area contributed by atoms with Crippen molar-refractivity contribution in [3.63, 3.8) is 0 Å². The molecule has 6 heteroatoms. The summed E-state index contributed by atoms with van der Waals surface area (Å²) in [5.41, 5.74) is 1.44. The molecule has 0 spiro atoms. The van der Waals surface area contributed by atoms with E-state index >= 15 is 0 Å². The van der Waals surface area contributed by atoms with Crippen molar-refractivity contribution in [1.82, 2.24) is 4.90 Å². The molecule has 2 heterocycles. The number of benzene rings is 1. The number of fused-ring (bicyclic) bond motifs is 1. The number of rotatable bonds is 11. The lowest BCUT2D eigenvalue weighted by molar-refractivity contribution is 0.0206. The Morgan fingerprint density at radius 2 is 1.61 bits per heavy atom. The van der Waals surface area contributed by atoms with Gasteiger partial charge in [-0.3, -0.25) is 4.99 Å². The summed E-state index contributed by atoms with van der Waals surface area (Å²) in [6, 6.07) is 10.2. The summed E-state index contributed by atoms with van der Waals surface area (Å²) in [5, 5.41) is 30.6. The number of amidine groups is 1. The van der Waals surface area contributed by atoms with Gasteiger partial charge in [-0.1, -0.05) is 74.2 Å². The first-order valence-electron chi connectivity index (χ1n) is 10.7. The van der Waals surface area contributed by atoms with Gasteiger partial charge in [0.2, 0.25) is 0 Å². The summed E-state index contributed by atoms with van der Waals surface area (Å²) in [4.78, 5) is 6.62. The highest BCUT2D eigenvalue weighted by Crippen LogP contribution is 2.36. The van der Waals surface area contributed by atoms with Crippen molar-refractivity contribution in [3.05, 3.63) is 35.9 Å². The molecule has 0 unspecified atom stereocenters. The van der Waals surface area contributed by atoms with Crippen LogP contribution in [0.3, 0.4) is 0 Å². The Bertz CT molecular complexity index is 611. The molecule has 2 aliphatic heterocycles. The highest BCUT2D eigenvalue weighted by molar-refractivity contribution is 8.14. The number of aliphatic hydroxyl groups is 3. The monoisotopic (exact) mass is 406 g/mol. The number of aliphatic hydroxyl groups excluding tert-OH is 3. The van der Waals surface area contributed by atoms with Crippen molar-refractivity contribution in [2.75, 3.05) is 18.9 Å². The molecule has 1 aromatic carbocycles. The molecular formula is C22H34N2O3S. The van der Waals surface area contributed by atoms with Gasteiger partial charge in [-0.05, 0) is 24.8 Å². The highest BCUT2D eigenvalue weighted by atomic mass is 32.2. The van der Waals surface area contributed by atoms with Crippen molar-refractivity contribution in [1.29, 1.82) is 0 Å². The van der Waals surface area contributed by atoms with E-state index in [0.29, 0.717) is 0 Å². The van der Waals surface area contributed by atoms with Crippen molar-refractivity contribution >= 4 is 16.9 Å². The van der Waals surface area contributed by atoms with Crippen LogP contribution in [-0.4, -0.2) is 68.6 Å². The third-order valence-electron chi connectivity index (χ3n) is 5.86. The minimum atomic E-state index is -0.886. The van der Waals surface area contributed by atoms with E-state index in [1.807, 2.05) is 4.90 Å². The average Bonchev–Trinajstić information content (AvgIpc) is 3.23. The summed E-state index contributed by atoms with van der Waals surface area (Å²) >= 11 is 1.63. The molecule has 3 N–H and O–H groups in total. The topological polar surface area (TPSA) is 76.3 Å². The number of aryl methyl sites for hydroxylation is 1. The molecule has 28 heavy (non-hydrogen) atoms. The van der Waals surface area contributed by atoms with Gasteiger partial charge < -0.3 is 20.2 Å². The standard InChI is InChI=1S/C22H34N2O3S/c25-15-18-20(26)21(27)19-16-28-22(24(18)19)23-14-10-5-3-1-2-4-7-11-17-12-8-6-9-13-17/h6,8-9,12-13,18-21,25-27H,1-5,7,10-11,14-16H2/t18-,19-,20-,21-/m0/s1. The second kappa shape index (κ2) is 11.2. The molecule has 0 bridgehead atoms. The first-order chi connectivity index (χ1) is 13.7. The zero-order valence-corrected chi connectivity index (χ0v) is 17.4. The minimum absolute atomic E-state index is 0.119. The molecule has 3 rings (SSSR count). The molecule has 2 fully saturated rings. The zero-order valence-electron chi connectivity index (χ0n) is 16.6. The molecular weight excluding hydrogens is 372 g/mol. The second-order valence-corrected chi connectivity index (χ2v) is 8.88. The number of aliphatic imine (C=N–C) groups is 1. The lowest BCUT2D eigenvalue weighted by Crippen LogP contribution is -2.41. The molecule has 2 saturated heterocycles. The summed E-state index contributed by atoms with van der Waals surface area (Å²) in [5.74, 6) is 0.733. The maximum absolute atomic E-state index is 10.1. The Kier molecular flexibility index (Phi) is 8.65. The van der Waals surface area contributed by atoms with E-state index in [4.69, 9.17) is 0 Å².